The van der Waals surface area contributed by atoms with Crippen LogP contribution in [-0.4, -0.2) is 38.0 Å². The highest BCUT2D eigenvalue weighted by molar-refractivity contribution is 9.10. The van der Waals surface area contributed by atoms with Gasteiger partial charge in [0.05, 0.1) is 10.5 Å². The van der Waals surface area contributed by atoms with Gasteiger partial charge in [0.15, 0.2) is 11.3 Å². The molecule has 156 valence electrons. The molecular weight excluding hydrogens is 444 g/mol. The number of hydrogen-bond donors (Lipinski definition) is 0. The van der Waals surface area contributed by atoms with Gasteiger partial charge in [0, 0.05) is 25.0 Å². The summed E-state index contributed by atoms with van der Waals surface area (Å²) >= 11 is 3.39. The zero-order valence-electron chi connectivity index (χ0n) is 17.6. The third-order valence-electron chi connectivity index (χ3n) is 5.67. The lowest BCUT2D eigenvalue weighted by molar-refractivity contribution is 0.0703. The van der Waals surface area contributed by atoms with Crippen molar-refractivity contribution in [2.24, 2.45) is 0 Å². The fourth-order valence-electron chi connectivity index (χ4n) is 3.92. The molecule has 0 saturated carbocycles. The smallest absolute Gasteiger partial charge is 0.274 e. The number of amides is 1. The Bertz CT molecular complexity index is 1170. The molecule has 1 unspecified atom stereocenters. The maximum Gasteiger partial charge on any atom is 0.274 e. The first-order valence-corrected chi connectivity index (χ1v) is 11.0. The highest BCUT2D eigenvalue weighted by Crippen LogP contribution is 2.30. The number of carbonyl (C=O) groups is 1. The van der Waals surface area contributed by atoms with Crippen LogP contribution in [0.3, 0.4) is 0 Å². The van der Waals surface area contributed by atoms with Crippen LogP contribution in [0.2, 0.25) is 0 Å². The molecule has 1 amide bonds. The molecule has 0 bridgehead atoms. The van der Waals surface area contributed by atoms with Crippen molar-refractivity contribution in [3.05, 3.63) is 69.5 Å². The molecule has 0 radical (unpaired) electrons. The fourth-order valence-corrected chi connectivity index (χ4v) is 4.22. The SMILES string of the molecule is CC/C(=C\C1=C(C)CCN(C(=O)c2cc3ncc(Br)cn3n2)C1C)c1ccc(C)o1. The molecule has 4 rings (SSSR count). The van der Waals surface area contributed by atoms with E-state index in [1.165, 1.54) is 11.1 Å². The van der Waals surface area contributed by atoms with E-state index in [9.17, 15) is 4.79 Å². The van der Waals surface area contributed by atoms with E-state index in [0.717, 1.165) is 34.4 Å². The molecule has 0 saturated heterocycles. The van der Waals surface area contributed by atoms with Crippen LogP contribution in [0, 0.1) is 6.92 Å². The third kappa shape index (κ3) is 3.86. The number of nitrogens with zero attached hydrogens (tertiary/aromatic N) is 4. The van der Waals surface area contributed by atoms with Gasteiger partial charge in [0.2, 0.25) is 0 Å². The summed E-state index contributed by atoms with van der Waals surface area (Å²) in [5, 5.41) is 4.44. The minimum absolute atomic E-state index is 0.0478. The number of carbonyl (C=O) groups excluding carboxylic acids is 1. The Kier molecular flexibility index (Phi) is 5.64. The highest BCUT2D eigenvalue weighted by Gasteiger charge is 2.30. The average molecular weight is 469 g/mol. The summed E-state index contributed by atoms with van der Waals surface area (Å²) in [5.41, 5.74) is 4.68. The summed E-state index contributed by atoms with van der Waals surface area (Å²) in [4.78, 5) is 19.5. The predicted molar refractivity (Wildman–Crippen MR) is 120 cm³/mol. The first kappa shape index (κ1) is 20.6. The molecule has 6 nitrogen and oxygen atoms in total. The topological polar surface area (TPSA) is 63.6 Å². The summed E-state index contributed by atoms with van der Waals surface area (Å²) in [6, 6.07) is 5.69. The predicted octanol–water partition coefficient (Wildman–Crippen LogP) is 5.44. The van der Waals surface area contributed by atoms with Gasteiger partial charge in [-0.2, -0.15) is 5.10 Å². The quantitative estimate of drug-likeness (QED) is 0.511. The molecule has 0 fully saturated rings. The van der Waals surface area contributed by atoms with Gasteiger partial charge < -0.3 is 9.32 Å². The van der Waals surface area contributed by atoms with Crippen LogP contribution in [0.5, 0.6) is 0 Å². The van der Waals surface area contributed by atoms with Crippen LogP contribution in [0.1, 0.15) is 55.6 Å². The molecule has 0 N–H and O–H groups in total. The van der Waals surface area contributed by atoms with Gasteiger partial charge in [-0.15, -0.1) is 0 Å². The standard InChI is InChI=1S/C23H25BrN4O2/c1-5-17(21-7-6-15(3)30-21)10-19-14(2)8-9-27(16(19)4)23(29)20-11-22-25-12-18(24)13-28(22)26-20/h6-7,10-13,16H,5,8-9H2,1-4H3/b17-10+. The van der Waals surface area contributed by atoms with E-state index >= 15 is 0 Å². The van der Waals surface area contributed by atoms with Gasteiger partial charge in [-0.25, -0.2) is 9.50 Å². The third-order valence-corrected chi connectivity index (χ3v) is 6.08. The molecule has 3 aromatic rings. The van der Waals surface area contributed by atoms with E-state index in [0.29, 0.717) is 17.9 Å². The molecule has 7 heteroatoms. The van der Waals surface area contributed by atoms with E-state index in [1.54, 1.807) is 23.0 Å². The second-order valence-corrected chi connectivity index (χ2v) is 8.61. The Balaban J connectivity index is 1.64. The van der Waals surface area contributed by atoms with Crippen molar-refractivity contribution in [2.45, 2.75) is 46.6 Å². The second-order valence-electron chi connectivity index (χ2n) is 7.70. The lowest BCUT2D eigenvalue weighted by atomic mass is 9.91. The van der Waals surface area contributed by atoms with Crippen LogP contribution >= 0.6 is 15.9 Å². The number of rotatable bonds is 4. The van der Waals surface area contributed by atoms with E-state index in [4.69, 9.17) is 4.42 Å². The highest BCUT2D eigenvalue weighted by atomic mass is 79.9. The summed E-state index contributed by atoms with van der Waals surface area (Å²) in [7, 11) is 0. The average Bonchev–Trinajstić information content (AvgIpc) is 3.33. The van der Waals surface area contributed by atoms with Gasteiger partial charge in [-0.05, 0) is 72.8 Å². The molecule has 0 aromatic carbocycles. The van der Waals surface area contributed by atoms with Crippen molar-refractivity contribution < 1.29 is 9.21 Å². The minimum Gasteiger partial charge on any atom is -0.462 e. The number of fused-ring (bicyclic) bond motifs is 1. The van der Waals surface area contributed by atoms with Crippen LogP contribution < -0.4 is 0 Å². The lowest BCUT2D eigenvalue weighted by Gasteiger charge is -2.35. The lowest BCUT2D eigenvalue weighted by Crippen LogP contribution is -2.43. The Morgan fingerprint density at radius 2 is 2.17 bits per heavy atom. The zero-order valence-corrected chi connectivity index (χ0v) is 19.2. The Labute approximate surface area is 184 Å². The Hall–Kier alpha value is -2.67. The molecule has 1 aliphatic heterocycles. The largest absolute Gasteiger partial charge is 0.462 e. The molecule has 3 aromatic heterocycles. The van der Waals surface area contributed by atoms with E-state index < -0.39 is 0 Å². The van der Waals surface area contributed by atoms with Crippen LogP contribution in [0.15, 0.2) is 56.7 Å². The maximum atomic E-state index is 13.3. The molecule has 1 aliphatic rings. The van der Waals surface area contributed by atoms with Gasteiger partial charge in [0.1, 0.15) is 11.5 Å². The molecule has 0 spiro atoms. The van der Waals surface area contributed by atoms with E-state index in [2.05, 4.69) is 52.9 Å². The molecule has 0 aliphatic carbocycles. The van der Waals surface area contributed by atoms with Gasteiger partial charge >= 0.3 is 0 Å². The van der Waals surface area contributed by atoms with E-state index in [-0.39, 0.29) is 11.9 Å². The first-order chi connectivity index (χ1) is 14.4. The molecule has 1 atom stereocenters. The first-order valence-electron chi connectivity index (χ1n) is 10.2. The van der Waals surface area contributed by atoms with Gasteiger partial charge in [-0.3, -0.25) is 4.79 Å². The van der Waals surface area contributed by atoms with Crippen molar-refractivity contribution >= 4 is 33.1 Å². The van der Waals surface area contributed by atoms with Crippen molar-refractivity contribution in [3.63, 3.8) is 0 Å². The number of hydrogen-bond acceptors (Lipinski definition) is 4. The zero-order chi connectivity index (χ0) is 21.4. The van der Waals surface area contributed by atoms with Gasteiger partial charge in [-0.1, -0.05) is 18.6 Å². The van der Waals surface area contributed by atoms with Gasteiger partial charge in [0.25, 0.3) is 5.91 Å². The Morgan fingerprint density at radius 3 is 2.87 bits per heavy atom. The number of furan rings is 1. The van der Waals surface area contributed by atoms with E-state index in [1.807, 2.05) is 24.0 Å². The Morgan fingerprint density at radius 1 is 1.37 bits per heavy atom. The summed E-state index contributed by atoms with van der Waals surface area (Å²) in [6.07, 6.45) is 7.40. The monoisotopic (exact) mass is 468 g/mol. The molecular formula is C23H25BrN4O2. The second kappa shape index (κ2) is 8.22. The maximum absolute atomic E-state index is 13.3. The van der Waals surface area contributed by atoms with Crippen molar-refractivity contribution in [3.8, 4) is 0 Å². The van der Waals surface area contributed by atoms with Crippen molar-refractivity contribution in [1.29, 1.82) is 0 Å². The number of aromatic nitrogens is 3. The minimum atomic E-state index is -0.0746. The van der Waals surface area contributed by atoms with Crippen LogP contribution in [0.25, 0.3) is 11.2 Å². The fraction of sp³-hybridized carbons (Fsp3) is 0.348. The van der Waals surface area contributed by atoms with Crippen molar-refractivity contribution in [1.82, 2.24) is 19.5 Å². The van der Waals surface area contributed by atoms with Crippen molar-refractivity contribution in [2.75, 3.05) is 6.54 Å². The summed E-state index contributed by atoms with van der Waals surface area (Å²) in [5.74, 6) is 1.72. The van der Waals surface area contributed by atoms with Crippen LogP contribution in [-0.2, 0) is 0 Å². The number of aryl methyl sites for hydroxylation is 1. The number of halogens is 1. The summed E-state index contributed by atoms with van der Waals surface area (Å²) < 4.78 is 8.28. The molecule has 30 heavy (non-hydrogen) atoms. The summed E-state index contributed by atoms with van der Waals surface area (Å²) in [6.45, 7) is 8.98. The van der Waals surface area contributed by atoms with Crippen LogP contribution in [0.4, 0.5) is 0 Å². The molecule has 4 heterocycles. The normalized spacial score (nSPS) is 17.8. The number of allylic oxidation sites excluding steroid dienone is 1.